The number of hydrogen-bond donors (Lipinski definition) is 2. The maximum absolute atomic E-state index is 13.3. The first-order valence-corrected chi connectivity index (χ1v) is 8.09. The number of benzene rings is 2. The van der Waals surface area contributed by atoms with Crippen molar-refractivity contribution in [2.24, 2.45) is 0 Å². The highest BCUT2D eigenvalue weighted by Crippen LogP contribution is 2.27. The molecule has 2 aromatic carbocycles. The highest BCUT2D eigenvalue weighted by atomic mass is 19.1. The number of H-pyrrole nitrogens is 1. The fourth-order valence-corrected chi connectivity index (χ4v) is 2.82. The van der Waals surface area contributed by atoms with Gasteiger partial charge in [0.15, 0.2) is 0 Å². The lowest BCUT2D eigenvalue weighted by Crippen LogP contribution is -2.23. The molecule has 130 valence electrons. The van der Waals surface area contributed by atoms with E-state index in [0.29, 0.717) is 16.5 Å². The molecule has 0 bridgehead atoms. The second kappa shape index (κ2) is 6.78. The van der Waals surface area contributed by atoms with E-state index in [4.69, 9.17) is 9.84 Å². The Kier molecular flexibility index (Phi) is 4.70. The molecule has 0 fully saturated rings. The SMILES string of the molecule is CC(C)(OCCO)c1ccc(-c2cc3ccc(F)cc3c(=O)[nH]2)cc1. The minimum atomic E-state index is -0.518. The van der Waals surface area contributed by atoms with Crippen LogP contribution in [-0.2, 0) is 10.3 Å². The molecule has 5 heteroatoms. The predicted molar refractivity (Wildman–Crippen MR) is 96.0 cm³/mol. The molecule has 0 saturated carbocycles. The zero-order valence-electron chi connectivity index (χ0n) is 14.2. The van der Waals surface area contributed by atoms with Crippen molar-refractivity contribution in [1.82, 2.24) is 4.98 Å². The molecule has 0 saturated heterocycles. The second-order valence-electron chi connectivity index (χ2n) is 6.40. The number of rotatable bonds is 5. The third-order valence-electron chi connectivity index (χ3n) is 4.25. The topological polar surface area (TPSA) is 62.3 Å². The summed E-state index contributed by atoms with van der Waals surface area (Å²) in [6.45, 7) is 4.11. The van der Waals surface area contributed by atoms with Gasteiger partial charge in [-0.1, -0.05) is 30.3 Å². The van der Waals surface area contributed by atoms with E-state index < -0.39 is 11.4 Å². The molecule has 25 heavy (non-hydrogen) atoms. The number of aromatic amines is 1. The average Bonchev–Trinajstić information content (AvgIpc) is 2.60. The molecule has 0 spiro atoms. The number of hydrogen-bond acceptors (Lipinski definition) is 3. The molecule has 3 rings (SSSR count). The van der Waals surface area contributed by atoms with E-state index in [9.17, 15) is 9.18 Å². The molecule has 4 nitrogen and oxygen atoms in total. The van der Waals surface area contributed by atoms with Crippen LogP contribution in [0.1, 0.15) is 19.4 Å². The Morgan fingerprint density at radius 2 is 1.84 bits per heavy atom. The van der Waals surface area contributed by atoms with Crippen molar-refractivity contribution < 1.29 is 14.2 Å². The molecular weight excluding hydrogens is 321 g/mol. The minimum Gasteiger partial charge on any atom is -0.394 e. The molecule has 0 aliphatic heterocycles. The van der Waals surface area contributed by atoms with Crippen molar-refractivity contribution in [1.29, 1.82) is 0 Å². The summed E-state index contributed by atoms with van der Waals surface area (Å²) in [5.74, 6) is -0.430. The Morgan fingerprint density at radius 1 is 1.12 bits per heavy atom. The van der Waals surface area contributed by atoms with E-state index in [-0.39, 0.29) is 18.8 Å². The molecular formula is C20H20FNO3. The summed E-state index contributed by atoms with van der Waals surface area (Å²) in [5, 5.41) is 9.94. The number of aromatic nitrogens is 1. The second-order valence-corrected chi connectivity index (χ2v) is 6.40. The maximum atomic E-state index is 13.3. The normalized spacial score (nSPS) is 11.8. The van der Waals surface area contributed by atoms with Gasteiger partial charge in [-0.3, -0.25) is 4.79 Å². The third-order valence-corrected chi connectivity index (χ3v) is 4.25. The van der Waals surface area contributed by atoms with Gasteiger partial charge in [0.2, 0.25) is 0 Å². The molecule has 1 heterocycles. The van der Waals surface area contributed by atoms with E-state index in [2.05, 4.69) is 4.98 Å². The number of nitrogens with one attached hydrogen (secondary N) is 1. The number of fused-ring (bicyclic) bond motifs is 1. The molecule has 0 atom stereocenters. The van der Waals surface area contributed by atoms with Crippen LogP contribution in [0.3, 0.4) is 0 Å². The molecule has 0 amide bonds. The largest absolute Gasteiger partial charge is 0.394 e. The summed E-state index contributed by atoms with van der Waals surface area (Å²) in [4.78, 5) is 15.0. The van der Waals surface area contributed by atoms with Gasteiger partial charge in [-0.25, -0.2) is 4.39 Å². The summed E-state index contributed by atoms with van der Waals surface area (Å²) in [7, 11) is 0. The van der Waals surface area contributed by atoms with Crippen molar-refractivity contribution in [3.05, 3.63) is 70.3 Å². The van der Waals surface area contributed by atoms with E-state index in [0.717, 1.165) is 11.1 Å². The van der Waals surface area contributed by atoms with Crippen LogP contribution in [0.25, 0.3) is 22.0 Å². The lowest BCUT2D eigenvalue weighted by atomic mass is 9.96. The van der Waals surface area contributed by atoms with Crippen LogP contribution in [0.4, 0.5) is 4.39 Å². The first-order valence-electron chi connectivity index (χ1n) is 8.09. The van der Waals surface area contributed by atoms with Gasteiger partial charge in [-0.15, -0.1) is 0 Å². The molecule has 1 aromatic heterocycles. The molecule has 0 aliphatic rings. The zero-order chi connectivity index (χ0) is 18.0. The van der Waals surface area contributed by atoms with Crippen LogP contribution in [-0.4, -0.2) is 23.3 Å². The van der Waals surface area contributed by atoms with Crippen molar-refractivity contribution in [2.75, 3.05) is 13.2 Å². The van der Waals surface area contributed by atoms with Crippen molar-refractivity contribution >= 4 is 10.8 Å². The molecule has 3 aromatic rings. The lowest BCUT2D eigenvalue weighted by Gasteiger charge is -2.25. The number of aliphatic hydroxyl groups excluding tert-OH is 1. The van der Waals surface area contributed by atoms with Crippen molar-refractivity contribution in [3.63, 3.8) is 0 Å². The van der Waals surface area contributed by atoms with Crippen LogP contribution in [0, 0.1) is 5.82 Å². The Labute approximate surface area is 144 Å². The number of pyridine rings is 1. The smallest absolute Gasteiger partial charge is 0.256 e. The van der Waals surface area contributed by atoms with Gasteiger partial charge in [-0.05, 0) is 48.6 Å². The van der Waals surface area contributed by atoms with Crippen LogP contribution >= 0.6 is 0 Å². The highest BCUT2D eigenvalue weighted by molar-refractivity contribution is 5.85. The van der Waals surface area contributed by atoms with Gasteiger partial charge < -0.3 is 14.8 Å². The lowest BCUT2D eigenvalue weighted by molar-refractivity contribution is -0.0369. The quantitative estimate of drug-likeness (QED) is 0.746. The summed E-state index contributed by atoms with van der Waals surface area (Å²) in [6.07, 6.45) is 0. The van der Waals surface area contributed by atoms with Crippen LogP contribution in [0.5, 0.6) is 0 Å². The van der Waals surface area contributed by atoms with Crippen LogP contribution in [0.15, 0.2) is 53.3 Å². The first-order chi connectivity index (χ1) is 11.9. The van der Waals surface area contributed by atoms with Crippen LogP contribution in [0.2, 0.25) is 0 Å². The summed E-state index contributed by atoms with van der Waals surface area (Å²) >= 11 is 0. The van der Waals surface area contributed by atoms with Crippen molar-refractivity contribution in [2.45, 2.75) is 19.4 Å². The average molecular weight is 341 g/mol. The van der Waals surface area contributed by atoms with Gasteiger partial charge in [0.25, 0.3) is 5.56 Å². The van der Waals surface area contributed by atoms with Gasteiger partial charge in [-0.2, -0.15) is 0 Å². The molecule has 2 N–H and O–H groups in total. The number of aliphatic hydroxyl groups is 1. The number of halogens is 1. The fourth-order valence-electron chi connectivity index (χ4n) is 2.82. The summed E-state index contributed by atoms with van der Waals surface area (Å²) in [6, 6.07) is 13.7. The van der Waals surface area contributed by atoms with E-state index in [1.807, 2.05) is 44.2 Å². The first kappa shape index (κ1) is 17.3. The maximum Gasteiger partial charge on any atom is 0.256 e. The standard InChI is InChI=1S/C20H20FNO3/c1-20(2,25-10-9-23)15-6-3-13(4-7-15)18-11-14-5-8-16(21)12-17(14)19(24)22-18/h3-8,11-12,23H,9-10H2,1-2H3,(H,22,24). The molecule has 0 aliphatic carbocycles. The van der Waals surface area contributed by atoms with Crippen molar-refractivity contribution in [3.8, 4) is 11.3 Å². The predicted octanol–water partition coefficient (Wildman–Crippen LogP) is 3.58. The van der Waals surface area contributed by atoms with Gasteiger partial charge >= 0.3 is 0 Å². The van der Waals surface area contributed by atoms with Gasteiger partial charge in [0, 0.05) is 11.1 Å². The number of ether oxygens (including phenoxy) is 1. The van der Waals surface area contributed by atoms with Crippen LogP contribution < -0.4 is 5.56 Å². The Balaban J connectivity index is 1.96. The van der Waals surface area contributed by atoms with Gasteiger partial charge in [0.05, 0.1) is 18.8 Å². The Morgan fingerprint density at radius 3 is 2.52 bits per heavy atom. The third kappa shape index (κ3) is 3.62. The Hall–Kier alpha value is -2.50. The fraction of sp³-hybridized carbons (Fsp3) is 0.250. The highest BCUT2D eigenvalue weighted by Gasteiger charge is 2.20. The monoisotopic (exact) mass is 341 g/mol. The zero-order valence-corrected chi connectivity index (χ0v) is 14.2. The van der Waals surface area contributed by atoms with E-state index >= 15 is 0 Å². The Bertz CT molecular complexity index is 945. The van der Waals surface area contributed by atoms with Gasteiger partial charge in [0.1, 0.15) is 5.82 Å². The van der Waals surface area contributed by atoms with E-state index in [1.54, 1.807) is 6.07 Å². The van der Waals surface area contributed by atoms with E-state index in [1.165, 1.54) is 12.1 Å². The summed E-state index contributed by atoms with van der Waals surface area (Å²) < 4.78 is 19.0. The minimum absolute atomic E-state index is 0.0273. The molecule has 0 unspecified atom stereocenters. The summed E-state index contributed by atoms with van der Waals surface area (Å²) in [5.41, 5.74) is 1.66. The molecule has 0 radical (unpaired) electrons.